The molecular formula is C18H18Cl2N2O3S. The summed E-state index contributed by atoms with van der Waals surface area (Å²) in [7, 11) is -3.80. The molecular weight excluding hydrogens is 395 g/mol. The topological polar surface area (TPSA) is 57.7 Å². The normalized spacial score (nSPS) is 15.8. The third-order valence-corrected chi connectivity index (χ3v) is 7.16. The number of rotatable bonds is 4. The van der Waals surface area contributed by atoms with Crippen LogP contribution in [0.25, 0.3) is 0 Å². The number of carbonyl (C=O) groups excluding carboxylic acids is 1. The molecule has 3 rings (SSSR count). The van der Waals surface area contributed by atoms with Gasteiger partial charge in [0.05, 0.1) is 16.5 Å². The Hall–Kier alpha value is -1.60. The van der Waals surface area contributed by atoms with Crippen molar-refractivity contribution in [3.05, 3.63) is 64.1 Å². The number of nitrogens with zero attached hydrogens (tertiary/aromatic N) is 2. The van der Waals surface area contributed by atoms with Crippen molar-refractivity contribution in [2.24, 2.45) is 0 Å². The molecule has 0 unspecified atom stereocenters. The van der Waals surface area contributed by atoms with E-state index >= 15 is 0 Å². The average molecular weight is 413 g/mol. The fourth-order valence-electron chi connectivity index (χ4n) is 2.92. The van der Waals surface area contributed by atoms with Crippen molar-refractivity contribution in [1.29, 1.82) is 0 Å². The zero-order valence-corrected chi connectivity index (χ0v) is 16.3. The molecule has 1 fully saturated rings. The molecule has 8 heteroatoms. The van der Waals surface area contributed by atoms with Gasteiger partial charge in [-0.15, -0.1) is 0 Å². The van der Waals surface area contributed by atoms with E-state index in [0.29, 0.717) is 19.5 Å². The van der Waals surface area contributed by atoms with Crippen molar-refractivity contribution in [1.82, 2.24) is 9.21 Å². The fraction of sp³-hybridized carbons (Fsp3) is 0.278. The first-order chi connectivity index (χ1) is 12.4. The van der Waals surface area contributed by atoms with E-state index in [0.717, 1.165) is 5.56 Å². The third-order valence-electron chi connectivity index (χ3n) is 4.31. The lowest BCUT2D eigenvalue weighted by Crippen LogP contribution is -2.50. The van der Waals surface area contributed by atoms with Gasteiger partial charge < -0.3 is 4.90 Å². The van der Waals surface area contributed by atoms with Crippen LogP contribution in [0.15, 0.2) is 53.4 Å². The van der Waals surface area contributed by atoms with Crippen LogP contribution in [-0.4, -0.2) is 49.7 Å². The molecule has 1 aliphatic heterocycles. The zero-order chi connectivity index (χ0) is 18.7. The Morgan fingerprint density at radius 2 is 1.46 bits per heavy atom. The summed E-state index contributed by atoms with van der Waals surface area (Å²) in [5, 5.41) is 0.195. The lowest BCUT2D eigenvalue weighted by molar-refractivity contribution is -0.131. The minimum absolute atomic E-state index is 0.0102. The lowest BCUT2D eigenvalue weighted by atomic mass is 10.1. The highest BCUT2D eigenvalue weighted by Gasteiger charge is 2.32. The first-order valence-electron chi connectivity index (χ1n) is 8.15. The smallest absolute Gasteiger partial charge is 0.246 e. The van der Waals surface area contributed by atoms with E-state index < -0.39 is 10.0 Å². The van der Waals surface area contributed by atoms with Crippen LogP contribution in [-0.2, 0) is 21.2 Å². The minimum atomic E-state index is -3.80. The van der Waals surface area contributed by atoms with E-state index in [1.165, 1.54) is 16.4 Å². The highest BCUT2D eigenvalue weighted by Crippen LogP contribution is 2.31. The number of benzene rings is 2. The predicted molar refractivity (Wildman–Crippen MR) is 102 cm³/mol. The monoisotopic (exact) mass is 412 g/mol. The minimum Gasteiger partial charge on any atom is -0.340 e. The van der Waals surface area contributed by atoms with Crippen molar-refractivity contribution in [2.75, 3.05) is 26.2 Å². The quantitative estimate of drug-likeness (QED) is 0.774. The Labute approximate surface area is 163 Å². The van der Waals surface area contributed by atoms with Crippen molar-refractivity contribution >= 4 is 39.1 Å². The molecule has 1 amide bonds. The Morgan fingerprint density at radius 1 is 0.885 bits per heavy atom. The zero-order valence-electron chi connectivity index (χ0n) is 13.9. The number of hydrogen-bond donors (Lipinski definition) is 0. The molecule has 0 spiro atoms. The van der Waals surface area contributed by atoms with Crippen LogP contribution >= 0.6 is 23.2 Å². The van der Waals surface area contributed by atoms with Gasteiger partial charge in [-0.25, -0.2) is 8.42 Å². The molecule has 138 valence electrons. The Balaban J connectivity index is 1.67. The molecule has 1 heterocycles. The summed E-state index contributed by atoms with van der Waals surface area (Å²) in [6.07, 6.45) is 0.309. The van der Waals surface area contributed by atoms with Gasteiger partial charge in [0.1, 0.15) is 4.90 Å². The molecule has 1 saturated heterocycles. The van der Waals surface area contributed by atoms with Gasteiger partial charge in [0.15, 0.2) is 0 Å². The number of hydrogen-bond acceptors (Lipinski definition) is 3. The van der Waals surface area contributed by atoms with Gasteiger partial charge in [0.25, 0.3) is 0 Å². The van der Waals surface area contributed by atoms with Gasteiger partial charge >= 0.3 is 0 Å². The second-order valence-corrected chi connectivity index (χ2v) is 8.69. The summed E-state index contributed by atoms with van der Waals surface area (Å²) in [6.45, 7) is 1.11. The highest BCUT2D eigenvalue weighted by molar-refractivity contribution is 7.89. The van der Waals surface area contributed by atoms with Gasteiger partial charge in [-0.3, -0.25) is 4.79 Å². The summed E-state index contributed by atoms with van der Waals surface area (Å²) < 4.78 is 27.0. The van der Waals surface area contributed by atoms with Crippen LogP contribution in [0.2, 0.25) is 10.0 Å². The van der Waals surface area contributed by atoms with Gasteiger partial charge in [0, 0.05) is 26.2 Å². The average Bonchev–Trinajstić information content (AvgIpc) is 2.62. The molecule has 0 bridgehead atoms. The van der Waals surface area contributed by atoms with Gasteiger partial charge in [-0.2, -0.15) is 4.31 Å². The maximum atomic E-state index is 12.9. The van der Waals surface area contributed by atoms with Crippen molar-refractivity contribution in [3.63, 3.8) is 0 Å². The Kier molecular flexibility index (Phi) is 5.87. The van der Waals surface area contributed by atoms with E-state index in [4.69, 9.17) is 23.2 Å². The summed E-state index contributed by atoms with van der Waals surface area (Å²) in [5.41, 5.74) is 0.940. The molecule has 2 aromatic rings. The molecule has 2 aromatic carbocycles. The van der Waals surface area contributed by atoms with Crippen LogP contribution in [0, 0.1) is 0 Å². The number of amides is 1. The van der Waals surface area contributed by atoms with E-state index in [-0.39, 0.29) is 33.9 Å². The lowest BCUT2D eigenvalue weighted by Gasteiger charge is -2.34. The first-order valence-corrected chi connectivity index (χ1v) is 10.3. The van der Waals surface area contributed by atoms with Crippen LogP contribution in [0.5, 0.6) is 0 Å². The van der Waals surface area contributed by atoms with Crippen LogP contribution in [0.1, 0.15) is 5.56 Å². The maximum absolute atomic E-state index is 12.9. The molecule has 0 aromatic heterocycles. The number of carbonyl (C=O) groups is 1. The Morgan fingerprint density at radius 3 is 2.04 bits per heavy atom. The maximum Gasteiger partial charge on any atom is 0.246 e. The van der Waals surface area contributed by atoms with Crippen molar-refractivity contribution in [3.8, 4) is 0 Å². The third kappa shape index (κ3) is 4.04. The number of sulfonamides is 1. The molecule has 5 nitrogen and oxygen atoms in total. The van der Waals surface area contributed by atoms with E-state index in [1.807, 2.05) is 30.3 Å². The fourth-order valence-corrected chi connectivity index (χ4v) is 5.43. The van der Waals surface area contributed by atoms with E-state index in [9.17, 15) is 13.2 Å². The molecule has 0 aliphatic carbocycles. The highest BCUT2D eigenvalue weighted by atomic mass is 35.5. The summed E-state index contributed by atoms with van der Waals surface area (Å²) in [4.78, 5) is 14.0. The molecule has 26 heavy (non-hydrogen) atoms. The Bertz CT molecular complexity index is 876. The molecule has 1 aliphatic rings. The molecule has 0 N–H and O–H groups in total. The van der Waals surface area contributed by atoms with Gasteiger partial charge in [-0.1, -0.05) is 59.6 Å². The van der Waals surface area contributed by atoms with Crippen molar-refractivity contribution in [2.45, 2.75) is 11.3 Å². The summed E-state index contributed by atoms with van der Waals surface area (Å²) >= 11 is 12.1. The van der Waals surface area contributed by atoms with Crippen LogP contribution in [0.3, 0.4) is 0 Å². The largest absolute Gasteiger partial charge is 0.340 e. The van der Waals surface area contributed by atoms with E-state index in [2.05, 4.69) is 0 Å². The first kappa shape index (κ1) is 19.2. The molecule has 0 atom stereocenters. The van der Waals surface area contributed by atoms with Crippen LogP contribution < -0.4 is 0 Å². The predicted octanol–water partition coefficient (Wildman–Crippen LogP) is 3.07. The second kappa shape index (κ2) is 7.96. The summed E-state index contributed by atoms with van der Waals surface area (Å²) in [5.74, 6) is -0.0102. The van der Waals surface area contributed by atoms with Gasteiger partial charge in [0.2, 0.25) is 15.9 Å². The number of halogens is 2. The van der Waals surface area contributed by atoms with Gasteiger partial charge in [-0.05, 0) is 17.7 Å². The second-order valence-electron chi connectivity index (χ2n) is 6.00. The molecule has 0 saturated carbocycles. The van der Waals surface area contributed by atoms with E-state index in [1.54, 1.807) is 11.0 Å². The van der Waals surface area contributed by atoms with Crippen LogP contribution in [0.4, 0.5) is 0 Å². The number of piperazine rings is 1. The molecule has 0 radical (unpaired) electrons. The SMILES string of the molecule is O=C(Cc1ccccc1)N1CCN(S(=O)(=O)c2c(Cl)cccc2Cl)CC1. The standard InChI is InChI=1S/C18H18Cl2N2O3S/c19-15-7-4-8-16(20)18(15)26(24,25)22-11-9-21(10-12-22)17(23)13-14-5-2-1-3-6-14/h1-8H,9-13H2. The van der Waals surface area contributed by atoms with Crippen molar-refractivity contribution < 1.29 is 13.2 Å². The summed E-state index contributed by atoms with van der Waals surface area (Å²) in [6, 6.07) is 14.1.